The summed E-state index contributed by atoms with van der Waals surface area (Å²) in [5, 5.41) is 0. The molecule has 0 aliphatic heterocycles. The first-order chi connectivity index (χ1) is 7.31. The van der Waals surface area contributed by atoms with E-state index in [2.05, 4.69) is 68.2 Å². The van der Waals surface area contributed by atoms with E-state index in [0.717, 1.165) is 0 Å². The Morgan fingerprint density at radius 1 is 0.765 bits per heavy atom. The Labute approximate surface area is 108 Å². The molecule has 0 aromatic heterocycles. The van der Waals surface area contributed by atoms with Gasteiger partial charge in [-0.1, -0.05) is 68.2 Å². The lowest BCUT2D eigenvalue weighted by Gasteiger charge is -2.60. The molecule has 0 saturated carbocycles. The summed E-state index contributed by atoms with van der Waals surface area (Å²) in [5.74, 6) is 2.62. The fourth-order valence-electron chi connectivity index (χ4n) is 4.17. The molecule has 0 unspecified atom stereocenters. The standard InChI is InChI=1S/C16H30O/c1-11-12-17-16(13(2,3)4,14(5,6)7)15(8,9)10/h1H,12H2,2-10H3. The minimum Gasteiger partial charge on any atom is -0.361 e. The third-order valence-electron chi connectivity index (χ3n) is 3.54. The van der Waals surface area contributed by atoms with Crippen molar-refractivity contribution in [2.45, 2.75) is 67.9 Å². The molecule has 1 nitrogen and oxygen atoms in total. The second-order valence-corrected chi connectivity index (χ2v) is 7.92. The van der Waals surface area contributed by atoms with Crippen molar-refractivity contribution in [2.75, 3.05) is 6.61 Å². The second kappa shape index (κ2) is 4.65. The summed E-state index contributed by atoms with van der Waals surface area (Å²) in [6, 6.07) is 0. The fraction of sp³-hybridized carbons (Fsp3) is 0.875. The van der Waals surface area contributed by atoms with Crippen LogP contribution in [0, 0.1) is 28.6 Å². The molecule has 0 heterocycles. The third kappa shape index (κ3) is 2.86. The molecule has 0 fully saturated rings. The Bertz CT molecular complexity index is 249. The third-order valence-corrected chi connectivity index (χ3v) is 3.54. The second-order valence-electron chi connectivity index (χ2n) is 7.92. The van der Waals surface area contributed by atoms with Crippen molar-refractivity contribution in [2.24, 2.45) is 16.2 Å². The summed E-state index contributed by atoms with van der Waals surface area (Å²) in [7, 11) is 0. The molecule has 1 heteroatoms. The smallest absolute Gasteiger partial charge is 0.108 e. The SMILES string of the molecule is C#CCOC(C(C)(C)C)(C(C)(C)C)C(C)(C)C. The number of hydrogen-bond donors (Lipinski definition) is 0. The average Bonchev–Trinajstić information content (AvgIpc) is 1.96. The van der Waals surface area contributed by atoms with Crippen molar-refractivity contribution in [1.82, 2.24) is 0 Å². The first-order valence-electron chi connectivity index (χ1n) is 6.39. The van der Waals surface area contributed by atoms with Crippen LogP contribution in [-0.2, 0) is 4.74 Å². The van der Waals surface area contributed by atoms with Crippen molar-refractivity contribution in [3.8, 4) is 12.3 Å². The van der Waals surface area contributed by atoms with Gasteiger partial charge in [-0.25, -0.2) is 0 Å². The Morgan fingerprint density at radius 3 is 1.24 bits per heavy atom. The fourth-order valence-corrected chi connectivity index (χ4v) is 4.17. The van der Waals surface area contributed by atoms with Gasteiger partial charge in [-0.2, -0.15) is 0 Å². The van der Waals surface area contributed by atoms with Gasteiger partial charge in [-0.3, -0.25) is 0 Å². The number of terminal acetylenes is 1. The van der Waals surface area contributed by atoms with E-state index in [1.54, 1.807) is 0 Å². The summed E-state index contributed by atoms with van der Waals surface area (Å²) in [4.78, 5) is 0. The zero-order valence-corrected chi connectivity index (χ0v) is 13.2. The Balaban J connectivity index is 5.85. The van der Waals surface area contributed by atoms with Gasteiger partial charge in [-0.15, -0.1) is 6.42 Å². The number of hydrogen-bond acceptors (Lipinski definition) is 1. The first-order valence-corrected chi connectivity index (χ1v) is 6.39. The molecule has 0 amide bonds. The van der Waals surface area contributed by atoms with Crippen LogP contribution >= 0.6 is 0 Å². The maximum Gasteiger partial charge on any atom is 0.108 e. The largest absolute Gasteiger partial charge is 0.361 e. The molecular weight excluding hydrogens is 208 g/mol. The van der Waals surface area contributed by atoms with Crippen molar-refractivity contribution >= 4 is 0 Å². The topological polar surface area (TPSA) is 9.23 Å². The summed E-state index contributed by atoms with van der Waals surface area (Å²) in [6.07, 6.45) is 5.39. The van der Waals surface area contributed by atoms with E-state index >= 15 is 0 Å². The van der Waals surface area contributed by atoms with Crippen LogP contribution < -0.4 is 0 Å². The minimum atomic E-state index is -0.278. The predicted octanol–water partition coefficient (Wildman–Crippen LogP) is 4.51. The lowest BCUT2D eigenvalue weighted by atomic mass is 9.52. The van der Waals surface area contributed by atoms with Crippen LogP contribution in [0.2, 0.25) is 0 Å². The van der Waals surface area contributed by atoms with Gasteiger partial charge in [0.05, 0.1) is 5.60 Å². The van der Waals surface area contributed by atoms with E-state index in [4.69, 9.17) is 11.2 Å². The van der Waals surface area contributed by atoms with Crippen LogP contribution in [0.1, 0.15) is 62.3 Å². The molecular formula is C16H30O. The highest BCUT2D eigenvalue weighted by atomic mass is 16.5. The highest BCUT2D eigenvalue weighted by Gasteiger charge is 2.58. The number of ether oxygens (including phenoxy) is 1. The molecule has 17 heavy (non-hydrogen) atoms. The normalized spacial score (nSPS) is 14.6. The van der Waals surface area contributed by atoms with Gasteiger partial charge in [0, 0.05) is 0 Å². The Morgan fingerprint density at radius 2 is 1.06 bits per heavy atom. The molecule has 0 N–H and O–H groups in total. The molecule has 0 aliphatic rings. The van der Waals surface area contributed by atoms with E-state index in [0.29, 0.717) is 6.61 Å². The van der Waals surface area contributed by atoms with E-state index in [-0.39, 0.29) is 21.8 Å². The molecule has 0 bridgehead atoms. The molecule has 0 saturated heterocycles. The van der Waals surface area contributed by atoms with Crippen molar-refractivity contribution in [1.29, 1.82) is 0 Å². The first kappa shape index (κ1) is 16.5. The van der Waals surface area contributed by atoms with Crippen LogP contribution in [0.5, 0.6) is 0 Å². The molecule has 0 rings (SSSR count). The zero-order valence-electron chi connectivity index (χ0n) is 13.2. The van der Waals surface area contributed by atoms with Crippen molar-refractivity contribution in [3.05, 3.63) is 0 Å². The summed E-state index contributed by atoms with van der Waals surface area (Å²) in [5.41, 5.74) is -0.236. The van der Waals surface area contributed by atoms with Gasteiger partial charge in [0.25, 0.3) is 0 Å². The van der Waals surface area contributed by atoms with E-state index in [1.165, 1.54) is 0 Å². The molecule has 0 spiro atoms. The van der Waals surface area contributed by atoms with Gasteiger partial charge in [0.2, 0.25) is 0 Å². The van der Waals surface area contributed by atoms with E-state index < -0.39 is 0 Å². The summed E-state index contributed by atoms with van der Waals surface area (Å²) < 4.78 is 6.24. The Hall–Kier alpha value is -0.480. The summed E-state index contributed by atoms with van der Waals surface area (Å²) in [6.45, 7) is 20.5. The molecule has 0 aromatic rings. The van der Waals surface area contributed by atoms with Crippen molar-refractivity contribution in [3.63, 3.8) is 0 Å². The van der Waals surface area contributed by atoms with E-state index in [9.17, 15) is 0 Å². The zero-order chi connectivity index (χ0) is 14.1. The van der Waals surface area contributed by atoms with Gasteiger partial charge in [0.1, 0.15) is 6.61 Å². The van der Waals surface area contributed by atoms with E-state index in [1.807, 2.05) is 0 Å². The maximum atomic E-state index is 6.24. The minimum absolute atomic E-state index is 0.0142. The molecule has 0 radical (unpaired) electrons. The van der Waals surface area contributed by atoms with Crippen LogP contribution in [0.15, 0.2) is 0 Å². The molecule has 0 aromatic carbocycles. The van der Waals surface area contributed by atoms with Crippen LogP contribution in [0.3, 0.4) is 0 Å². The highest BCUT2D eigenvalue weighted by molar-refractivity contribution is 5.09. The summed E-state index contributed by atoms with van der Waals surface area (Å²) >= 11 is 0. The van der Waals surface area contributed by atoms with Gasteiger partial charge < -0.3 is 4.74 Å². The monoisotopic (exact) mass is 238 g/mol. The van der Waals surface area contributed by atoms with Gasteiger partial charge in [-0.05, 0) is 16.2 Å². The lowest BCUT2D eigenvalue weighted by Crippen LogP contribution is -2.63. The van der Waals surface area contributed by atoms with Crippen LogP contribution in [-0.4, -0.2) is 12.2 Å². The molecule has 0 atom stereocenters. The maximum absolute atomic E-state index is 6.24. The van der Waals surface area contributed by atoms with Crippen LogP contribution in [0.25, 0.3) is 0 Å². The van der Waals surface area contributed by atoms with Crippen molar-refractivity contribution < 1.29 is 4.74 Å². The predicted molar refractivity (Wildman–Crippen MR) is 75.9 cm³/mol. The lowest BCUT2D eigenvalue weighted by molar-refractivity contribution is -0.231. The Kier molecular flexibility index (Phi) is 4.52. The highest BCUT2D eigenvalue weighted by Crippen LogP contribution is 2.56. The molecule has 0 aliphatic carbocycles. The quantitative estimate of drug-likeness (QED) is 0.643. The van der Waals surface area contributed by atoms with Crippen LogP contribution in [0.4, 0.5) is 0 Å². The number of rotatable bonds is 2. The van der Waals surface area contributed by atoms with Gasteiger partial charge in [0.15, 0.2) is 0 Å². The molecule has 100 valence electrons. The van der Waals surface area contributed by atoms with Gasteiger partial charge >= 0.3 is 0 Å². The average molecular weight is 238 g/mol.